The second-order valence-corrected chi connectivity index (χ2v) is 6.85. The van der Waals surface area contributed by atoms with Gasteiger partial charge in [-0.1, -0.05) is 6.07 Å². The van der Waals surface area contributed by atoms with Crippen LogP contribution in [0.25, 0.3) is 0 Å². The molecule has 0 aliphatic carbocycles. The zero-order valence-corrected chi connectivity index (χ0v) is 13.6. The summed E-state index contributed by atoms with van der Waals surface area (Å²) in [5.41, 5.74) is -0.154. The van der Waals surface area contributed by atoms with Gasteiger partial charge in [-0.2, -0.15) is 0 Å². The van der Waals surface area contributed by atoms with Gasteiger partial charge in [0.15, 0.2) is 0 Å². The van der Waals surface area contributed by atoms with Gasteiger partial charge in [0, 0.05) is 6.07 Å². The lowest BCUT2D eigenvalue weighted by atomic mass is 10.3. The Balaban J connectivity index is 2.29. The maximum atomic E-state index is 12.3. The van der Waals surface area contributed by atoms with Crippen LogP contribution in [-0.2, 0) is 14.8 Å². The molecule has 2 aromatic rings. The summed E-state index contributed by atoms with van der Waals surface area (Å²) in [5.74, 6) is -1.42. The number of sulfonamides is 1. The van der Waals surface area contributed by atoms with E-state index < -0.39 is 28.1 Å². The summed E-state index contributed by atoms with van der Waals surface area (Å²) in [6, 6.07) is 5.51. The summed E-state index contributed by atoms with van der Waals surface area (Å²) in [7, 11) is -3.09. The van der Waals surface area contributed by atoms with Crippen molar-refractivity contribution >= 4 is 33.0 Å². The molecule has 0 aliphatic heterocycles. The molecular formula is C13H10F3NO5S2. The normalized spacial score (nSPS) is 11.8. The topological polar surface area (TPSA) is 81.7 Å². The summed E-state index contributed by atoms with van der Waals surface area (Å²) in [4.78, 5) is 11.1. The van der Waals surface area contributed by atoms with E-state index in [-0.39, 0.29) is 15.5 Å². The number of hydrogen-bond acceptors (Lipinski definition) is 6. The average Bonchev–Trinajstić information content (AvgIpc) is 2.94. The van der Waals surface area contributed by atoms with E-state index in [1.54, 1.807) is 0 Å². The van der Waals surface area contributed by atoms with Gasteiger partial charge in [-0.3, -0.25) is 4.72 Å². The first kappa shape index (κ1) is 18.1. The van der Waals surface area contributed by atoms with Crippen molar-refractivity contribution in [3.8, 4) is 5.75 Å². The van der Waals surface area contributed by atoms with Gasteiger partial charge in [-0.25, -0.2) is 13.2 Å². The lowest BCUT2D eigenvalue weighted by molar-refractivity contribution is -0.274. The minimum absolute atomic E-state index is 0.146. The second kappa shape index (κ2) is 6.69. The monoisotopic (exact) mass is 381 g/mol. The smallest absolute Gasteiger partial charge is 0.465 e. The zero-order valence-electron chi connectivity index (χ0n) is 12.0. The third-order valence-electron chi connectivity index (χ3n) is 2.61. The van der Waals surface area contributed by atoms with E-state index >= 15 is 0 Å². The number of ether oxygens (including phenoxy) is 2. The Kier molecular flexibility index (Phi) is 5.04. The van der Waals surface area contributed by atoms with E-state index in [4.69, 9.17) is 0 Å². The average molecular weight is 381 g/mol. The Morgan fingerprint density at radius 1 is 1.25 bits per heavy atom. The number of carbonyl (C=O) groups excluding carboxylic acids is 1. The molecule has 1 heterocycles. The number of esters is 1. The molecule has 1 aromatic heterocycles. The van der Waals surface area contributed by atoms with E-state index in [1.807, 2.05) is 0 Å². The summed E-state index contributed by atoms with van der Waals surface area (Å²) < 4.78 is 71.6. The van der Waals surface area contributed by atoms with Gasteiger partial charge in [0.05, 0.1) is 12.8 Å². The van der Waals surface area contributed by atoms with Crippen molar-refractivity contribution in [1.29, 1.82) is 0 Å². The quantitative estimate of drug-likeness (QED) is 0.804. The minimum atomic E-state index is -4.90. The van der Waals surface area contributed by atoms with E-state index in [0.717, 1.165) is 30.6 Å². The number of alkyl halides is 3. The van der Waals surface area contributed by atoms with E-state index in [1.165, 1.54) is 23.6 Å². The number of halogens is 3. The highest BCUT2D eigenvalue weighted by molar-refractivity contribution is 7.93. The molecule has 0 unspecified atom stereocenters. The van der Waals surface area contributed by atoms with Gasteiger partial charge < -0.3 is 9.47 Å². The molecule has 24 heavy (non-hydrogen) atoms. The predicted octanol–water partition coefficient (Wildman–Crippen LogP) is 3.23. The summed E-state index contributed by atoms with van der Waals surface area (Å²) in [5, 5.41) is 1.38. The van der Waals surface area contributed by atoms with Crippen LogP contribution in [0.2, 0.25) is 0 Å². The molecule has 0 bridgehead atoms. The van der Waals surface area contributed by atoms with Crippen LogP contribution in [0.15, 0.2) is 40.6 Å². The van der Waals surface area contributed by atoms with E-state index in [9.17, 15) is 26.4 Å². The molecule has 0 saturated carbocycles. The molecule has 0 aliphatic rings. The second-order valence-electron chi connectivity index (χ2n) is 4.29. The Labute approximate surface area is 138 Å². The summed E-state index contributed by atoms with van der Waals surface area (Å²) in [6.07, 6.45) is -4.90. The molecule has 0 spiro atoms. The Morgan fingerprint density at radius 2 is 1.96 bits per heavy atom. The molecule has 0 radical (unpaired) electrons. The Hall–Kier alpha value is -2.27. The lowest BCUT2D eigenvalue weighted by Gasteiger charge is -2.11. The number of nitrogens with one attached hydrogen (secondary N) is 1. The molecular weight excluding hydrogens is 371 g/mol. The molecule has 1 N–H and O–H groups in total. The van der Waals surface area contributed by atoms with Crippen LogP contribution in [-0.4, -0.2) is 27.9 Å². The number of benzene rings is 1. The van der Waals surface area contributed by atoms with Crippen LogP contribution in [0.5, 0.6) is 5.75 Å². The van der Waals surface area contributed by atoms with Crippen LogP contribution < -0.4 is 9.46 Å². The van der Waals surface area contributed by atoms with Crippen LogP contribution >= 0.6 is 11.3 Å². The van der Waals surface area contributed by atoms with Gasteiger partial charge >= 0.3 is 12.3 Å². The van der Waals surface area contributed by atoms with Crippen molar-refractivity contribution in [2.75, 3.05) is 11.8 Å². The van der Waals surface area contributed by atoms with Crippen LogP contribution in [0.1, 0.15) is 9.67 Å². The van der Waals surface area contributed by atoms with Crippen LogP contribution in [0.3, 0.4) is 0 Å². The first-order valence-electron chi connectivity index (χ1n) is 6.17. The van der Waals surface area contributed by atoms with Crippen molar-refractivity contribution in [3.05, 3.63) is 40.6 Å². The van der Waals surface area contributed by atoms with Crippen molar-refractivity contribution in [1.82, 2.24) is 0 Å². The van der Waals surface area contributed by atoms with Crippen molar-refractivity contribution in [2.24, 2.45) is 0 Å². The third-order valence-corrected chi connectivity index (χ3v) is 5.06. The van der Waals surface area contributed by atoms with Crippen molar-refractivity contribution < 1.29 is 35.9 Å². The highest BCUT2D eigenvalue weighted by Crippen LogP contribution is 2.28. The van der Waals surface area contributed by atoms with Gasteiger partial charge in [0.2, 0.25) is 0 Å². The number of hydrogen-bond donors (Lipinski definition) is 1. The summed E-state index contributed by atoms with van der Waals surface area (Å²) in [6.45, 7) is 0. The highest BCUT2D eigenvalue weighted by Gasteiger charge is 2.31. The molecule has 6 nitrogen and oxygen atoms in total. The van der Waals surface area contributed by atoms with Crippen molar-refractivity contribution in [2.45, 2.75) is 11.3 Å². The predicted molar refractivity (Wildman–Crippen MR) is 79.6 cm³/mol. The van der Waals surface area contributed by atoms with Crippen LogP contribution in [0, 0.1) is 0 Å². The number of carbonyl (C=O) groups is 1. The van der Waals surface area contributed by atoms with E-state index in [2.05, 4.69) is 14.2 Å². The maximum absolute atomic E-state index is 12.3. The number of rotatable bonds is 5. The third kappa shape index (κ3) is 4.38. The number of anilines is 1. The Bertz CT molecular complexity index is 845. The first-order valence-corrected chi connectivity index (χ1v) is 8.53. The molecule has 0 amide bonds. The number of thiophene rings is 1. The molecule has 0 fully saturated rings. The van der Waals surface area contributed by atoms with E-state index in [0.29, 0.717) is 0 Å². The molecule has 11 heteroatoms. The molecule has 1 aromatic carbocycles. The van der Waals surface area contributed by atoms with Crippen molar-refractivity contribution in [3.63, 3.8) is 0 Å². The molecule has 0 atom stereocenters. The van der Waals surface area contributed by atoms with Crippen LogP contribution in [0.4, 0.5) is 18.9 Å². The first-order chi connectivity index (χ1) is 11.1. The largest absolute Gasteiger partial charge is 0.573 e. The fourth-order valence-electron chi connectivity index (χ4n) is 1.72. The molecule has 2 rings (SSSR count). The van der Waals surface area contributed by atoms with Gasteiger partial charge in [0.25, 0.3) is 10.0 Å². The standard InChI is InChI=1S/C13H10F3NO5S2/c1-21-12(18)11-10(5-6-23-11)24(19,20)17-8-3-2-4-9(7-8)22-13(14,15)16/h2-7,17H,1H3. The van der Waals surface area contributed by atoms with Gasteiger partial charge in [-0.05, 0) is 23.6 Å². The summed E-state index contributed by atoms with van der Waals surface area (Å²) >= 11 is 0.864. The van der Waals surface area contributed by atoms with Gasteiger partial charge in [-0.15, -0.1) is 24.5 Å². The minimum Gasteiger partial charge on any atom is -0.465 e. The lowest BCUT2D eigenvalue weighted by Crippen LogP contribution is -2.18. The molecule has 0 saturated heterocycles. The fraction of sp³-hybridized carbons (Fsp3) is 0.154. The SMILES string of the molecule is COC(=O)c1sccc1S(=O)(=O)Nc1cccc(OC(F)(F)F)c1. The highest BCUT2D eigenvalue weighted by atomic mass is 32.2. The fourth-order valence-corrected chi connectivity index (χ4v) is 4.10. The molecule has 130 valence electrons. The number of methoxy groups -OCH3 is 1. The Morgan fingerprint density at radius 3 is 2.58 bits per heavy atom. The zero-order chi connectivity index (χ0) is 18.0. The van der Waals surface area contributed by atoms with Gasteiger partial charge in [0.1, 0.15) is 15.5 Å². The maximum Gasteiger partial charge on any atom is 0.573 e.